The van der Waals surface area contributed by atoms with E-state index in [9.17, 15) is 5.11 Å². The van der Waals surface area contributed by atoms with E-state index in [2.05, 4.69) is 35.1 Å². The highest BCUT2D eigenvalue weighted by Crippen LogP contribution is 2.40. The van der Waals surface area contributed by atoms with Crippen LogP contribution in [-0.4, -0.2) is 17.3 Å². The minimum absolute atomic E-state index is 0.362. The van der Waals surface area contributed by atoms with Gasteiger partial charge in [-0.25, -0.2) is 0 Å². The highest BCUT2D eigenvalue weighted by molar-refractivity contribution is 9.10. The van der Waals surface area contributed by atoms with Crippen molar-refractivity contribution in [2.24, 2.45) is 5.41 Å². The smallest absolute Gasteiger partial charge is 0.0819 e. The van der Waals surface area contributed by atoms with Gasteiger partial charge >= 0.3 is 0 Å². The number of hydrogen-bond acceptors (Lipinski definition) is 3. The first-order chi connectivity index (χ1) is 8.80. The Morgan fingerprint density at radius 1 is 1.26 bits per heavy atom. The molecular weight excluding hydrogens is 304 g/mol. The molecule has 0 unspecified atom stereocenters. The van der Waals surface area contributed by atoms with Crippen LogP contribution in [0.3, 0.4) is 0 Å². The van der Waals surface area contributed by atoms with Crippen LogP contribution >= 0.6 is 15.9 Å². The van der Waals surface area contributed by atoms with Crippen molar-refractivity contribution in [2.75, 3.05) is 17.6 Å². The third-order valence-electron chi connectivity index (χ3n) is 4.16. The van der Waals surface area contributed by atoms with Crippen LogP contribution in [0.2, 0.25) is 0 Å². The summed E-state index contributed by atoms with van der Waals surface area (Å²) >= 11 is 3.43. The molecule has 19 heavy (non-hydrogen) atoms. The molecular formula is C15H23BrN2O. The average Bonchev–Trinajstić information content (AvgIpc) is 2.35. The predicted octanol–water partition coefficient (Wildman–Crippen LogP) is 3.77. The van der Waals surface area contributed by atoms with Gasteiger partial charge in [0.2, 0.25) is 0 Å². The molecule has 1 fully saturated rings. The molecule has 0 heterocycles. The molecule has 0 radical (unpaired) electrons. The summed E-state index contributed by atoms with van der Waals surface area (Å²) < 4.78 is 0.987. The van der Waals surface area contributed by atoms with Gasteiger partial charge in [0, 0.05) is 11.0 Å². The van der Waals surface area contributed by atoms with Gasteiger partial charge in [-0.1, -0.05) is 29.8 Å². The minimum atomic E-state index is -0.607. The lowest BCUT2D eigenvalue weighted by molar-refractivity contribution is -0.0145. The van der Waals surface area contributed by atoms with Crippen LogP contribution in [0.25, 0.3) is 0 Å². The quantitative estimate of drug-likeness (QED) is 0.741. The average molecular weight is 327 g/mol. The van der Waals surface area contributed by atoms with Crippen LogP contribution in [0.1, 0.15) is 39.5 Å². The first kappa shape index (κ1) is 14.7. The normalized spacial score (nSPS) is 21.1. The number of rotatable bonds is 3. The molecule has 1 aromatic carbocycles. The number of halogens is 1. The zero-order chi connectivity index (χ0) is 14.1. The third kappa shape index (κ3) is 3.86. The molecule has 1 aromatic rings. The van der Waals surface area contributed by atoms with Crippen LogP contribution in [0.5, 0.6) is 0 Å². The zero-order valence-electron chi connectivity index (χ0n) is 11.7. The molecule has 4 heteroatoms. The molecule has 3 nitrogen and oxygen atoms in total. The van der Waals surface area contributed by atoms with Gasteiger partial charge in [0.15, 0.2) is 0 Å². The van der Waals surface area contributed by atoms with Gasteiger partial charge in [0.05, 0.1) is 17.0 Å². The van der Waals surface area contributed by atoms with E-state index >= 15 is 0 Å². The highest BCUT2D eigenvalue weighted by atomic mass is 79.9. The second-order valence-corrected chi connectivity index (χ2v) is 7.39. The lowest BCUT2D eigenvalue weighted by atomic mass is 9.71. The minimum Gasteiger partial charge on any atom is -0.397 e. The number of benzene rings is 1. The fraction of sp³-hybridized carbons (Fsp3) is 0.600. The van der Waals surface area contributed by atoms with Crippen LogP contribution in [0.4, 0.5) is 11.4 Å². The van der Waals surface area contributed by atoms with Gasteiger partial charge in [0.25, 0.3) is 0 Å². The number of nitrogens with two attached hydrogens (primary N) is 1. The maximum atomic E-state index is 10.6. The summed E-state index contributed by atoms with van der Waals surface area (Å²) in [6.07, 6.45) is 3.83. The molecule has 1 aliphatic rings. The molecule has 1 aliphatic carbocycles. The van der Waals surface area contributed by atoms with E-state index in [0.29, 0.717) is 17.6 Å². The first-order valence-corrected chi connectivity index (χ1v) is 7.60. The van der Waals surface area contributed by atoms with Crippen LogP contribution in [0, 0.1) is 5.41 Å². The fourth-order valence-electron chi connectivity index (χ4n) is 2.51. The summed E-state index contributed by atoms with van der Waals surface area (Å²) in [4.78, 5) is 0. The maximum absolute atomic E-state index is 10.6. The van der Waals surface area contributed by atoms with E-state index in [0.717, 1.165) is 35.8 Å². The Labute approximate surface area is 123 Å². The van der Waals surface area contributed by atoms with Crippen LogP contribution in [0.15, 0.2) is 22.7 Å². The summed E-state index contributed by atoms with van der Waals surface area (Å²) in [6.45, 7) is 5.10. The number of nitrogens with one attached hydrogen (secondary N) is 1. The fourth-order valence-corrected chi connectivity index (χ4v) is 2.87. The SMILES string of the molecule is CC1(C)CCC(O)(CNc2cc(Br)ccc2N)CC1. The van der Waals surface area contributed by atoms with Crippen molar-refractivity contribution in [1.29, 1.82) is 0 Å². The molecule has 2 rings (SSSR count). The van der Waals surface area contributed by atoms with Crippen molar-refractivity contribution in [1.82, 2.24) is 0 Å². The Balaban J connectivity index is 1.97. The first-order valence-electron chi connectivity index (χ1n) is 6.81. The zero-order valence-corrected chi connectivity index (χ0v) is 13.3. The monoisotopic (exact) mass is 326 g/mol. The Morgan fingerprint density at radius 3 is 2.53 bits per heavy atom. The van der Waals surface area contributed by atoms with E-state index < -0.39 is 5.60 Å². The van der Waals surface area contributed by atoms with E-state index in [4.69, 9.17) is 5.73 Å². The topological polar surface area (TPSA) is 58.3 Å². The number of hydrogen-bond donors (Lipinski definition) is 3. The molecule has 0 atom stereocenters. The number of aliphatic hydroxyl groups is 1. The van der Waals surface area contributed by atoms with E-state index in [1.165, 1.54) is 0 Å². The third-order valence-corrected chi connectivity index (χ3v) is 4.65. The van der Waals surface area contributed by atoms with Gasteiger partial charge in [-0.15, -0.1) is 0 Å². The second kappa shape index (κ2) is 5.33. The Kier molecular flexibility index (Phi) is 4.11. The Hall–Kier alpha value is -0.740. The standard InChI is InChI=1S/C15H23BrN2O/c1-14(2)5-7-15(19,8-6-14)10-18-13-9-11(16)3-4-12(13)17/h3-4,9,18-19H,5-8,10,17H2,1-2H3. The van der Waals surface area contributed by atoms with Crippen molar-refractivity contribution >= 4 is 27.3 Å². The summed E-state index contributed by atoms with van der Waals surface area (Å²) in [5, 5.41) is 13.9. The lowest BCUT2D eigenvalue weighted by Crippen LogP contribution is -2.42. The summed E-state index contributed by atoms with van der Waals surface area (Å²) in [6, 6.07) is 5.73. The van der Waals surface area contributed by atoms with E-state index in [-0.39, 0.29) is 0 Å². The van der Waals surface area contributed by atoms with E-state index in [1.807, 2.05) is 18.2 Å². The summed E-state index contributed by atoms with van der Waals surface area (Å²) in [7, 11) is 0. The summed E-state index contributed by atoms with van der Waals surface area (Å²) in [5.41, 5.74) is 7.27. The van der Waals surface area contributed by atoms with Crippen LogP contribution < -0.4 is 11.1 Å². The van der Waals surface area contributed by atoms with Gasteiger partial charge in [0.1, 0.15) is 0 Å². The molecule has 0 saturated heterocycles. The number of nitrogen functional groups attached to an aromatic ring is 1. The van der Waals surface area contributed by atoms with Crippen LogP contribution in [-0.2, 0) is 0 Å². The van der Waals surface area contributed by atoms with Gasteiger partial charge in [-0.05, 0) is 49.3 Å². The van der Waals surface area contributed by atoms with Gasteiger partial charge in [-0.3, -0.25) is 0 Å². The number of anilines is 2. The van der Waals surface area contributed by atoms with Crippen molar-refractivity contribution < 1.29 is 5.11 Å². The van der Waals surface area contributed by atoms with E-state index in [1.54, 1.807) is 0 Å². The molecule has 4 N–H and O–H groups in total. The van der Waals surface area contributed by atoms with Crippen molar-refractivity contribution in [3.8, 4) is 0 Å². The predicted molar refractivity (Wildman–Crippen MR) is 84.2 cm³/mol. The van der Waals surface area contributed by atoms with Crippen molar-refractivity contribution in [2.45, 2.75) is 45.1 Å². The Bertz CT molecular complexity index is 449. The van der Waals surface area contributed by atoms with Gasteiger partial charge < -0.3 is 16.2 Å². The maximum Gasteiger partial charge on any atom is 0.0819 e. The molecule has 106 valence electrons. The molecule has 0 aliphatic heterocycles. The molecule has 0 spiro atoms. The molecule has 0 amide bonds. The largest absolute Gasteiger partial charge is 0.397 e. The van der Waals surface area contributed by atoms with Crippen molar-refractivity contribution in [3.63, 3.8) is 0 Å². The second-order valence-electron chi connectivity index (χ2n) is 6.47. The summed E-state index contributed by atoms with van der Waals surface area (Å²) in [5.74, 6) is 0. The van der Waals surface area contributed by atoms with Gasteiger partial charge in [-0.2, -0.15) is 0 Å². The highest BCUT2D eigenvalue weighted by Gasteiger charge is 2.36. The molecule has 0 bridgehead atoms. The Morgan fingerprint density at radius 2 is 1.89 bits per heavy atom. The molecule has 1 saturated carbocycles. The van der Waals surface area contributed by atoms with Crippen molar-refractivity contribution in [3.05, 3.63) is 22.7 Å². The lowest BCUT2D eigenvalue weighted by Gasteiger charge is -2.40. The molecule has 0 aromatic heterocycles.